The second kappa shape index (κ2) is 4.70. The summed E-state index contributed by atoms with van der Waals surface area (Å²) in [6, 6.07) is 4.79. The van der Waals surface area contributed by atoms with E-state index in [0.29, 0.717) is 11.6 Å². The fourth-order valence-corrected chi connectivity index (χ4v) is 2.02. The van der Waals surface area contributed by atoms with E-state index >= 15 is 0 Å². The Morgan fingerprint density at radius 3 is 2.94 bits per heavy atom. The highest BCUT2D eigenvalue weighted by molar-refractivity contribution is 5.55. The fourth-order valence-electron chi connectivity index (χ4n) is 2.02. The van der Waals surface area contributed by atoms with Crippen molar-refractivity contribution in [3.63, 3.8) is 0 Å². The van der Waals surface area contributed by atoms with Crippen molar-refractivity contribution >= 4 is 11.4 Å². The molecular weight excluding hydrogens is 207 g/mol. The van der Waals surface area contributed by atoms with Crippen molar-refractivity contribution in [3.05, 3.63) is 24.0 Å². The van der Waals surface area contributed by atoms with Crippen molar-refractivity contribution in [2.24, 2.45) is 5.92 Å². The molecule has 16 heavy (non-hydrogen) atoms. The first-order valence-electron chi connectivity index (χ1n) is 5.55. The molecule has 0 aliphatic carbocycles. The Labute approximate surface area is 94.8 Å². The van der Waals surface area contributed by atoms with Crippen LogP contribution in [0.2, 0.25) is 0 Å². The van der Waals surface area contributed by atoms with Gasteiger partial charge in [-0.1, -0.05) is 0 Å². The van der Waals surface area contributed by atoms with Gasteiger partial charge in [-0.05, 0) is 31.5 Å². The van der Waals surface area contributed by atoms with Crippen LogP contribution in [-0.2, 0) is 4.74 Å². The first-order valence-corrected chi connectivity index (χ1v) is 5.55. The largest absolute Gasteiger partial charge is 0.399 e. The highest BCUT2D eigenvalue weighted by Crippen LogP contribution is 2.22. The number of nitrogens with two attached hydrogens (primary N) is 1. The lowest BCUT2D eigenvalue weighted by atomic mass is 10.0. The molecule has 1 heterocycles. The number of benzene rings is 1. The van der Waals surface area contributed by atoms with E-state index in [1.54, 1.807) is 6.07 Å². The summed E-state index contributed by atoms with van der Waals surface area (Å²) >= 11 is 0. The summed E-state index contributed by atoms with van der Waals surface area (Å²) in [5, 5.41) is 3.27. The summed E-state index contributed by atoms with van der Waals surface area (Å²) in [5.74, 6) is 0.182. The first-order chi connectivity index (χ1) is 7.65. The molecule has 0 aromatic heterocycles. The maximum atomic E-state index is 13.1. The van der Waals surface area contributed by atoms with E-state index in [-0.39, 0.29) is 11.9 Å². The van der Waals surface area contributed by atoms with Crippen molar-refractivity contribution in [2.75, 3.05) is 24.3 Å². The lowest BCUT2D eigenvalue weighted by Crippen LogP contribution is -2.26. The highest BCUT2D eigenvalue weighted by atomic mass is 19.1. The minimum atomic E-state index is -0.308. The van der Waals surface area contributed by atoms with Gasteiger partial charge < -0.3 is 15.8 Å². The Bertz CT molecular complexity index is 344. The average Bonchev–Trinajstić information content (AvgIpc) is 2.68. The molecule has 1 fully saturated rings. The molecule has 0 radical (unpaired) electrons. The Balaban J connectivity index is 2.02. The second-order valence-corrected chi connectivity index (χ2v) is 4.33. The van der Waals surface area contributed by atoms with Gasteiger partial charge in [0, 0.05) is 29.9 Å². The van der Waals surface area contributed by atoms with Crippen molar-refractivity contribution in [1.82, 2.24) is 0 Å². The minimum Gasteiger partial charge on any atom is -0.399 e. The zero-order chi connectivity index (χ0) is 11.5. The van der Waals surface area contributed by atoms with Gasteiger partial charge in [0.25, 0.3) is 0 Å². The van der Waals surface area contributed by atoms with Gasteiger partial charge in [0.15, 0.2) is 0 Å². The molecule has 3 nitrogen and oxygen atoms in total. The molecule has 1 aromatic rings. The smallest absolute Gasteiger partial charge is 0.127 e. The van der Waals surface area contributed by atoms with E-state index in [2.05, 4.69) is 12.2 Å². The Kier molecular flexibility index (Phi) is 3.29. The van der Waals surface area contributed by atoms with Crippen LogP contribution >= 0.6 is 0 Å². The van der Waals surface area contributed by atoms with Crippen LogP contribution < -0.4 is 11.1 Å². The van der Waals surface area contributed by atoms with E-state index in [1.807, 2.05) is 0 Å². The van der Waals surface area contributed by atoms with Gasteiger partial charge in [0.2, 0.25) is 0 Å². The van der Waals surface area contributed by atoms with Crippen LogP contribution in [0.25, 0.3) is 0 Å². The average molecular weight is 224 g/mol. The molecule has 0 saturated carbocycles. The lowest BCUT2D eigenvalue weighted by Gasteiger charge is -2.20. The van der Waals surface area contributed by atoms with E-state index in [9.17, 15) is 4.39 Å². The van der Waals surface area contributed by atoms with Crippen LogP contribution in [0.4, 0.5) is 15.8 Å². The Morgan fingerprint density at radius 1 is 1.50 bits per heavy atom. The van der Waals surface area contributed by atoms with Crippen LogP contribution in [0.15, 0.2) is 18.2 Å². The van der Waals surface area contributed by atoms with Crippen molar-refractivity contribution < 1.29 is 9.13 Å². The maximum Gasteiger partial charge on any atom is 0.127 e. The van der Waals surface area contributed by atoms with E-state index < -0.39 is 0 Å². The second-order valence-electron chi connectivity index (χ2n) is 4.33. The summed E-state index contributed by atoms with van der Waals surface area (Å²) in [7, 11) is 0. The number of nitrogen functional groups attached to an aromatic ring is 1. The Hall–Kier alpha value is -1.29. The number of halogens is 1. The van der Waals surface area contributed by atoms with E-state index in [4.69, 9.17) is 10.5 Å². The first kappa shape index (κ1) is 11.2. The number of anilines is 2. The topological polar surface area (TPSA) is 47.3 Å². The quantitative estimate of drug-likeness (QED) is 0.774. The third-order valence-corrected chi connectivity index (χ3v) is 2.99. The summed E-state index contributed by atoms with van der Waals surface area (Å²) < 4.78 is 18.4. The molecule has 1 aliphatic rings. The van der Waals surface area contributed by atoms with Gasteiger partial charge >= 0.3 is 0 Å². The number of hydrogen-bond acceptors (Lipinski definition) is 3. The van der Waals surface area contributed by atoms with Crippen molar-refractivity contribution in [3.8, 4) is 0 Å². The van der Waals surface area contributed by atoms with E-state index in [1.165, 1.54) is 12.1 Å². The van der Waals surface area contributed by atoms with Gasteiger partial charge in [0.05, 0.1) is 6.61 Å². The van der Waals surface area contributed by atoms with Crippen molar-refractivity contribution in [1.29, 1.82) is 0 Å². The molecule has 4 heteroatoms. The zero-order valence-corrected chi connectivity index (χ0v) is 9.37. The van der Waals surface area contributed by atoms with Crippen molar-refractivity contribution in [2.45, 2.75) is 19.4 Å². The minimum absolute atomic E-state index is 0.267. The number of nitrogens with one attached hydrogen (secondary N) is 1. The van der Waals surface area contributed by atoms with Gasteiger partial charge in [-0.25, -0.2) is 4.39 Å². The standard InChI is InChI=1S/C12H17FN2O/c1-8(9-2-3-16-7-9)15-12-5-10(13)4-11(14)6-12/h4-6,8-9,15H,2-3,7,14H2,1H3. The molecule has 1 saturated heterocycles. The van der Waals surface area contributed by atoms with Gasteiger partial charge in [0.1, 0.15) is 5.82 Å². The van der Waals surface area contributed by atoms with Crippen LogP contribution in [0, 0.1) is 11.7 Å². The van der Waals surface area contributed by atoms with Crippen LogP contribution in [0.3, 0.4) is 0 Å². The molecule has 2 rings (SSSR count). The fraction of sp³-hybridized carbons (Fsp3) is 0.500. The predicted octanol–water partition coefficient (Wildman–Crippen LogP) is 2.24. The molecule has 88 valence electrons. The third kappa shape index (κ3) is 2.64. The van der Waals surface area contributed by atoms with Gasteiger partial charge in [-0.15, -0.1) is 0 Å². The van der Waals surface area contributed by atoms with Crippen LogP contribution in [0.1, 0.15) is 13.3 Å². The predicted molar refractivity (Wildman–Crippen MR) is 62.8 cm³/mol. The molecule has 0 spiro atoms. The molecule has 0 amide bonds. The third-order valence-electron chi connectivity index (χ3n) is 2.99. The summed E-state index contributed by atoms with van der Waals surface area (Å²) in [6.07, 6.45) is 1.05. The molecule has 2 unspecified atom stereocenters. The Morgan fingerprint density at radius 2 is 2.31 bits per heavy atom. The summed E-state index contributed by atoms with van der Waals surface area (Å²) in [6.45, 7) is 3.68. The van der Waals surface area contributed by atoms with Gasteiger partial charge in [-0.3, -0.25) is 0 Å². The van der Waals surface area contributed by atoms with Crippen LogP contribution in [0.5, 0.6) is 0 Å². The zero-order valence-electron chi connectivity index (χ0n) is 9.37. The van der Waals surface area contributed by atoms with E-state index in [0.717, 1.165) is 25.3 Å². The lowest BCUT2D eigenvalue weighted by molar-refractivity contribution is 0.183. The molecule has 2 atom stereocenters. The summed E-state index contributed by atoms with van der Waals surface area (Å²) in [5.41, 5.74) is 6.76. The monoisotopic (exact) mass is 224 g/mol. The molecule has 0 bridgehead atoms. The number of ether oxygens (including phenoxy) is 1. The number of hydrogen-bond donors (Lipinski definition) is 2. The number of rotatable bonds is 3. The highest BCUT2D eigenvalue weighted by Gasteiger charge is 2.22. The SMILES string of the molecule is CC(Nc1cc(N)cc(F)c1)C1CCOC1. The maximum absolute atomic E-state index is 13.1. The molecule has 1 aromatic carbocycles. The molecule has 3 N–H and O–H groups in total. The summed E-state index contributed by atoms with van der Waals surface area (Å²) in [4.78, 5) is 0. The molecular formula is C12H17FN2O. The molecule has 1 aliphatic heterocycles. The normalized spacial score (nSPS) is 22.0. The van der Waals surface area contributed by atoms with Gasteiger partial charge in [-0.2, -0.15) is 0 Å². The van der Waals surface area contributed by atoms with Crippen LogP contribution in [-0.4, -0.2) is 19.3 Å².